The predicted molar refractivity (Wildman–Crippen MR) is 75.2 cm³/mol. The number of hydrogen-bond donors (Lipinski definition) is 4. The van der Waals surface area contributed by atoms with Crippen LogP contribution in [0.2, 0.25) is 0 Å². The van der Waals surface area contributed by atoms with Crippen molar-refractivity contribution in [3.8, 4) is 0 Å². The van der Waals surface area contributed by atoms with Crippen molar-refractivity contribution in [3.63, 3.8) is 0 Å². The zero-order valence-corrected chi connectivity index (χ0v) is 12.0. The molecule has 8 nitrogen and oxygen atoms in total. The van der Waals surface area contributed by atoms with E-state index in [0.717, 1.165) is 6.42 Å². The van der Waals surface area contributed by atoms with Gasteiger partial charge in [-0.05, 0) is 12.5 Å². The Morgan fingerprint density at radius 1 is 1.40 bits per heavy atom. The van der Waals surface area contributed by atoms with Crippen LogP contribution < -0.4 is 21.3 Å². The lowest BCUT2D eigenvalue weighted by Gasteiger charge is -2.08. The van der Waals surface area contributed by atoms with E-state index in [1.807, 2.05) is 6.92 Å². The molecule has 0 saturated heterocycles. The highest BCUT2D eigenvalue weighted by molar-refractivity contribution is 7.89. The summed E-state index contributed by atoms with van der Waals surface area (Å²) in [6, 6.07) is 2.65. The van der Waals surface area contributed by atoms with Gasteiger partial charge in [0.1, 0.15) is 5.82 Å². The Morgan fingerprint density at radius 3 is 2.80 bits per heavy atom. The van der Waals surface area contributed by atoms with Gasteiger partial charge in [-0.1, -0.05) is 6.92 Å². The molecule has 0 radical (unpaired) electrons. The fraction of sp³-hybridized carbons (Fsp3) is 0.455. The minimum Gasteiger partial charge on any atom is -0.356 e. The van der Waals surface area contributed by atoms with E-state index in [9.17, 15) is 13.2 Å². The molecule has 1 aromatic rings. The van der Waals surface area contributed by atoms with Crippen molar-refractivity contribution in [1.82, 2.24) is 15.0 Å². The molecule has 1 aromatic heterocycles. The molecule has 20 heavy (non-hydrogen) atoms. The van der Waals surface area contributed by atoms with Crippen molar-refractivity contribution in [2.45, 2.75) is 24.7 Å². The second-order valence-corrected chi connectivity index (χ2v) is 5.79. The summed E-state index contributed by atoms with van der Waals surface area (Å²) in [6.45, 7) is 2.56. The number of hydrazine groups is 1. The maximum absolute atomic E-state index is 12.0. The first-order valence-electron chi connectivity index (χ1n) is 6.18. The maximum atomic E-state index is 12.0. The van der Waals surface area contributed by atoms with E-state index in [4.69, 9.17) is 5.84 Å². The van der Waals surface area contributed by atoms with Gasteiger partial charge in [-0.15, -0.1) is 0 Å². The molecule has 0 saturated carbocycles. The lowest BCUT2D eigenvalue weighted by atomic mass is 10.4. The normalized spacial score (nSPS) is 11.1. The lowest BCUT2D eigenvalue weighted by molar-refractivity contribution is -0.120. The van der Waals surface area contributed by atoms with Gasteiger partial charge >= 0.3 is 0 Å². The van der Waals surface area contributed by atoms with E-state index in [2.05, 4.69) is 20.4 Å². The van der Waals surface area contributed by atoms with Crippen LogP contribution in [0.4, 0.5) is 5.82 Å². The first-order valence-corrected chi connectivity index (χ1v) is 7.67. The number of anilines is 1. The average Bonchev–Trinajstić information content (AvgIpc) is 2.45. The third-order valence-electron chi connectivity index (χ3n) is 2.41. The van der Waals surface area contributed by atoms with Crippen molar-refractivity contribution >= 4 is 21.7 Å². The van der Waals surface area contributed by atoms with Gasteiger partial charge < -0.3 is 10.7 Å². The standard InChI is InChI=1S/C11H19N5O3S/c1-2-5-14-11(17)4-7-15-20(18,19)9-3-6-13-10(8-9)16-12/h3,6,8,15H,2,4-5,7,12H2,1H3,(H,13,16)(H,14,17). The van der Waals surface area contributed by atoms with Crippen LogP contribution >= 0.6 is 0 Å². The summed E-state index contributed by atoms with van der Waals surface area (Å²) >= 11 is 0. The van der Waals surface area contributed by atoms with Crippen LogP contribution in [0.5, 0.6) is 0 Å². The summed E-state index contributed by atoms with van der Waals surface area (Å²) in [5, 5.41) is 2.67. The molecule has 0 fully saturated rings. The molecule has 0 bridgehead atoms. The first kappa shape index (κ1) is 16.3. The Labute approximate surface area is 118 Å². The topological polar surface area (TPSA) is 126 Å². The molecule has 1 amide bonds. The molecule has 0 atom stereocenters. The number of sulfonamides is 1. The van der Waals surface area contributed by atoms with Gasteiger partial charge in [0.2, 0.25) is 15.9 Å². The number of pyridine rings is 1. The molecule has 0 aromatic carbocycles. The van der Waals surface area contributed by atoms with Crippen molar-refractivity contribution in [2.24, 2.45) is 5.84 Å². The molecule has 0 unspecified atom stereocenters. The SMILES string of the molecule is CCCNC(=O)CCNS(=O)(=O)c1ccnc(NN)c1. The largest absolute Gasteiger partial charge is 0.356 e. The number of carbonyl (C=O) groups excluding carboxylic acids is 1. The van der Waals surface area contributed by atoms with E-state index in [1.165, 1.54) is 18.3 Å². The van der Waals surface area contributed by atoms with Gasteiger partial charge in [0, 0.05) is 31.8 Å². The lowest BCUT2D eigenvalue weighted by Crippen LogP contribution is -2.31. The minimum absolute atomic E-state index is 0.0333. The zero-order valence-electron chi connectivity index (χ0n) is 11.2. The van der Waals surface area contributed by atoms with Crippen LogP contribution in [0.15, 0.2) is 23.2 Å². The number of amides is 1. The number of nitrogen functional groups attached to an aromatic ring is 1. The van der Waals surface area contributed by atoms with Gasteiger partial charge in [-0.25, -0.2) is 24.0 Å². The van der Waals surface area contributed by atoms with E-state index in [-0.39, 0.29) is 29.6 Å². The fourth-order valence-electron chi connectivity index (χ4n) is 1.39. The second kappa shape index (κ2) is 7.78. The minimum atomic E-state index is -3.67. The third kappa shape index (κ3) is 5.11. The van der Waals surface area contributed by atoms with Crippen LogP contribution in [0.1, 0.15) is 19.8 Å². The Kier molecular flexibility index (Phi) is 6.36. The fourth-order valence-corrected chi connectivity index (χ4v) is 2.44. The molecule has 1 heterocycles. The number of hydrogen-bond acceptors (Lipinski definition) is 6. The molecule has 5 N–H and O–H groups in total. The number of rotatable bonds is 8. The first-order chi connectivity index (χ1) is 9.49. The highest BCUT2D eigenvalue weighted by atomic mass is 32.2. The predicted octanol–water partition coefficient (Wildman–Crippen LogP) is -0.438. The van der Waals surface area contributed by atoms with Crippen LogP contribution in [-0.2, 0) is 14.8 Å². The van der Waals surface area contributed by atoms with Crippen molar-refractivity contribution < 1.29 is 13.2 Å². The summed E-state index contributed by atoms with van der Waals surface area (Å²) in [6.07, 6.45) is 2.26. The van der Waals surface area contributed by atoms with Gasteiger partial charge in [0.25, 0.3) is 0 Å². The molecule has 0 spiro atoms. The van der Waals surface area contributed by atoms with Crippen LogP contribution in [0, 0.1) is 0 Å². The average molecular weight is 301 g/mol. The number of nitrogens with one attached hydrogen (secondary N) is 3. The molecule has 0 aliphatic carbocycles. The molecule has 9 heteroatoms. The van der Waals surface area contributed by atoms with Gasteiger partial charge in [-0.3, -0.25) is 4.79 Å². The molecule has 0 aliphatic heterocycles. The maximum Gasteiger partial charge on any atom is 0.240 e. The summed E-state index contributed by atoms with van der Waals surface area (Å²) in [7, 11) is -3.67. The van der Waals surface area contributed by atoms with E-state index >= 15 is 0 Å². The van der Waals surface area contributed by atoms with Crippen molar-refractivity contribution in [1.29, 1.82) is 0 Å². The number of nitrogens with zero attached hydrogens (tertiary/aromatic N) is 1. The Hall–Kier alpha value is -1.71. The van der Waals surface area contributed by atoms with Gasteiger partial charge in [-0.2, -0.15) is 0 Å². The molecular weight excluding hydrogens is 282 g/mol. The van der Waals surface area contributed by atoms with E-state index in [0.29, 0.717) is 6.54 Å². The second-order valence-electron chi connectivity index (χ2n) is 4.02. The number of nitrogens with two attached hydrogens (primary N) is 1. The van der Waals surface area contributed by atoms with Gasteiger partial charge in [0.15, 0.2) is 0 Å². The third-order valence-corrected chi connectivity index (χ3v) is 3.86. The molecule has 0 aliphatic rings. The van der Waals surface area contributed by atoms with Crippen LogP contribution in [-0.4, -0.2) is 32.4 Å². The van der Waals surface area contributed by atoms with Gasteiger partial charge in [0.05, 0.1) is 4.90 Å². The van der Waals surface area contributed by atoms with E-state index in [1.54, 1.807) is 0 Å². The summed E-state index contributed by atoms with van der Waals surface area (Å²) in [4.78, 5) is 15.2. The van der Waals surface area contributed by atoms with Crippen molar-refractivity contribution in [2.75, 3.05) is 18.5 Å². The summed E-state index contributed by atoms with van der Waals surface area (Å²) in [5.74, 6) is 5.23. The zero-order chi connectivity index (χ0) is 15.0. The Balaban J connectivity index is 2.55. The molecular formula is C11H19N5O3S. The molecule has 112 valence electrons. The quantitative estimate of drug-likeness (QED) is 0.381. The molecule has 1 rings (SSSR count). The van der Waals surface area contributed by atoms with E-state index < -0.39 is 10.0 Å². The van der Waals surface area contributed by atoms with Crippen LogP contribution in [0.3, 0.4) is 0 Å². The summed E-state index contributed by atoms with van der Waals surface area (Å²) in [5.41, 5.74) is 2.27. The number of aromatic nitrogens is 1. The monoisotopic (exact) mass is 301 g/mol. The highest BCUT2D eigenvalue weighted by Gasteiger charge is 2.14. The Morgan fingerprint density at radius 2 is 2.15 bits per heavy atom. The van der Waals surface area contributed by atoms with Crippen molar-refractivity contribution in [3.05, 3.63) is 18.3 Å². The van der Waals surface area contributed by atoms with Crippen LogP contribution in [0.25, 0.3) is 0 Å². The smallest absolute Gasteiger partial charge is 0.240 e. The Bertz CT molecular complexity index is 547. The number of carbonyl (C=O) groups is 1. The highest BCUT2D eigenvalue weighted by Crippen LogP contribution is 2.11. The summed E-state index contributed by atoms with van der Waals surface area (Å²) < 4.78 is 26.3.